The first-order valence-corrected chi connectivity index (χ1v) is 18.3. The molecule has 1 aliphatic heterocycles. The minimum atomic E-state index is -0.177. The van der Waals surface area contributed by atoms with E-state index in [2.05, 4.69) is 199 Å². The molecule has 7 aromatic carbocycles. The van der Waals surface area contributed by atoms with Crippen LogP contribution in [-0.2, 0) is 5.41 Å². The van der Waals surface area contributed by atoms with Crippen molar-refractivity contribution in [2.24, 2.45) is 0 Å². The molecule has 2 aromatic heterocycles. The van der Waals surface area contributed by atoms with Gasteiger partial charge in [-0.05, 0) is 111 Å². The molecule has 0 unspecified atom stereocenters. The lowest BCUT2D eigenvalue weighted by Gasteiger charge is -2.35. The molecule has 3 nitrogen and oxygen atoms in total. The Morgan fingerprint density at radius 3 is 1.51 bits per heavy atom. The second kappa shape index (κ2) is 12.2. The first-order chi connectivity index (χ1) is 26.0. The van der Waals surface area contributed by atoms with Crippen molar-refractivity contribution in [1.29, 1.82) is 0 Å². The van der Waals surface area contributed by atoms with Gasteiger partial charge < -0.3 is 9.47 Å². The molecule has 0 aliphatic carbocycles. The van der Waals surface area contributed by atoms with Gasteiger partial charge in [0, 0.05) is 34.1 Å². The summed E-state index contributed by atoms with van der Waals surface area (Å²) in [5, 5.41) is 1.19. The molecule has 0 fully saturated rings. The van der Waals surface area contributed by atoms with Crippen LogP contribution in [0.4, 0.5) is 17.1 Å². The number of hydrogen-bond acceptors (Lipinski definition) is 2. The second-order valence-corrected chi connectivity index (χ2v) is 14.5. The van der Waals surface area contributed by atoms with Gasteiger partial charge in [-0.1, -0.05) is 129 Å². The number of para-hydroxylation sites is 1. The largest absolute Gasteiger partial charge is 0.311 e. The molecular weight excluding hydrogens is 643 g/mol. The Hall–Kier alpha value is -6.71. The third-order valence-electron chi connectivity index (χ3n) is 11.0. The van der Waals surface area contributed by atoms with Crippen LogP contribution in [0.25, 0.3) is 61.0 Å². The van der Waals surface area contributed by atoms with E-state index in [1.807, 2.05) is 12.3 Å². The van der Waals surface area contributed by atoms with Crippen LogP contribution in [0.5, 0.6) is 0 Å². The third-order valence-corrected chi connectivity index (χ3v) is 11.0. The molecule has 252 valence electrons. The van der Waals surface area contributed by atoms with Gasteiger partial charge in [0.15, 0.2) is 0 Å². The number of fused-ring (bicyclic) bond motifs is 5. The van der Waals surface area contributed by atoms with E-state index in [0.29, 0.717) is 0 Å². The van der Waals surface area contributed by atoms with Crippen LogP contribution in [0.2, 0.25) is 0 Å². The van der Waals surface area contributed by atoms with E-state index in [1.54, 1.807) is 0 Å². The molecule has 0 saturated heterocycles. The van der Waals surface area contributed by atoms with Gasteiger partial charge in [-0.25, -0.2) is 0 Å². The second-order valence-electron chi connectivity index (χ2n) is 14.5. The van der Waals surface area contributed by atoms with Crippen molar-refractivity contribution in [1.82, 2.24) is 9.55 Å². The van der Waals surface area contributed by atoms with Crippen LogP contribution in [0.1, 0.15) is 25.0 Å². The average Bonchev–Trinajstić information content (AvgIpc) is 3.56. The standard InChI is InChI=1S/C50H37N3/c1-50(2)44-16-9-10-17-46(44)53-47-18-11-31-51-48(47)43-32-39(33-45(50)49(43)53)38-23-29-42(30-24-38)52(40-25-19-36(20-26-40)34-12-5-3-6-13-34)41-27-21-37(22-28-41)35-14-7-4-8-15-35/h3-33H,1-2H3. The summed E-state index contributed by atoms with van der Waals surface area (Å²) in [5.74, 6) is 0. The van der Waals surface area contributed by atoms with Gasteiger partial charge in [0.05, 0.1) is 22.2 Å². The van der Waals surface area contributed by atoms with E-state index in [9.17, 15) is 0 Å². The Kier molecular flexibility index (Phi) is 7.16. The quantitative estimate of drug-likeness (QED) is 0.174. The van der Waals surface area contributed by atoms with E-state index in [0.717, 1.165) is 28.1 Å². The molecule has 0 spiro atoms. The molecule has 0 bridgehead atoms. The summed E-state index contributed by atoms with van der Waals surface area (Å²) >= 11 is 0. The number of hydrogen-bond donors (Lipinski definition) is 0. The van der Waals surface area contributed by atoms with Crippen LogP contribution < -0.4 is 4.90 Å². The fourth-order valence-corrected chi connectivity index (χ4v) is 8.31. The van der Waals surface area contributed by atoms with Crippen molar-refractivity contribution in [2.45, 2.75) is 19.3 Å². The highest BCUT2D eigenvalue weighted by molar-refractivity contribution is 6.11. The maximum Gasteiger partial charge on any atom is 0.0963 e. The molecule has 0 saturated carbocycles. The Morgan fingerprint density at radius 2 is 0.943 bits per heavy atom. The van der Waals surface area contributed by atoms with E-state index in [4.69, 9.17) is 4.98 Å². The van der Waals surface area contributed by atoms with Crippen molar-refractivity contribution in [3.8, 4) is 39.1 Å². The topological polar surface area (TPSA) is 21.1 Å². The predicted molar refractivity (Wildman–Crippen MR) is 222 cm³/mol. The van der Waals surface area contributed by atoms with Crippen LogP contribution in [0.3, 0.4) is 0 Å². The zero-order valence-electron chi connectivity index (χ0n) is 29.7. The average molecular weight is 680 g/mol. The summed E-state index contributed by atoms with van der Waals surface area (Å²) in [6, 6.07) is 65.7. The van der Waals surface area contributed by atoms with E-state index >= 15 is 0 Å². The van der Waals surface area contributed by atoms with Gasteiger partial charge in [0.1, 0.15) is 0 Å². The number of anilines is 3. The lowest BCUT2D eigenvalue weighted by Crippen LogP contribution is -2.26. The molecule has 0 N–H and O–H groups in total. The van der Waals surface area contributed by atoms with Gasteiger partial charge in [-0.2, -0.15) is 0 Å². The summed E-state index contributed by atoms with van der Waals surface area (Å²) in [5.41, 5.74) is 17.7. The fourth-order valence-electron chi connectivity index (χ4n) is 8.31. The number of benzene rings is 7. The summed E-state index contributed by atoms with van der Waals surface area (Å²) in [7, 11) is 0. The smallest absolute Gasteiger partial charge is 0.0963 e. The van der Waals surface area contributed by atoms with Crippen LogP contribution in [0.15, 0.2) is 188 Å². The number of rotatable bonds is 6. The maximum atomic E-state index is 4.93. The molecule has 3 heteroatoms. The molecule has 9 aromatic rings. The highest BCUT2D eigenvalue weighted by Gasteiger charge is 2.35. The van der Waals surface area contributed by atoms with E-state index < -0.39 is 0 Å². The molecule has 0 radical (unpaired) electrons. The summed E-state index contributed by atoms with van der Waals surface area (Å²) in [6.07, 6.45) is 1.91. The Balaban J connectivity index is 1.08. The molecule has 0 atom stereocenters. The van der Waals surface area contributed by atoms with Gasteiger partial charge in [0.2, 0.25) is 0 Å². The van der Waals surface area contributed by atoms with Crippen molar-refractivity contribution < 1.29 is 0 Å². The van der Waals surface area contributed by atoms with E-state index in [-0.39, 0.29) is 5.41 Å². The lowest BCUT2D eigenvalue weighted by molar-refractivity contribution is 0.630. The molecule has 53 heavy (non-hydrogen) atoms. The maximum absolute atomic E-state index is 4.93. The van der Waals surface area contributed by atoms with Crippen molar-refractivity contribution in [2.75, 3.05) is 4.90 Å². The van der Waals surface area contributed by atoms with E-state index in [1.165, 1.54) is 61.1 Å². The highest BCUT2D eigenvalue weighted by atomic mass is 15.1. The van der Waals surface area contributed by atoms with Crippen LogP contribution >= 0.6 is 0 Å². The number of nitrogens with zero attached hydrogens (tertiary/aromatic N) is 3. The SMILES string of the molecule is CC1(C)c2ccccc2-n2c3cccnc3c3cc(-c4ccc(N(c5ccc(-c6ccccc6)cc5)c5ccc(-c6ccccc6)cc5)cc4)cc1c32. The molecule has 1 aliphatic rings. The first kappa shape index (κ1) is 31.1. The third kappa shape index (κ3) is 5.08. The van der Waals surface area contributed by atoms with Crippen molar-refractivity contribution in [3.63, 3.8) is 0 Å². The van der Waals surface area contributed by atoms with Crippen molar-refractivity contribution >= 4 is 39.0 Å². The zero-order chi connectivity index (χ0) is 35.5. The van der Waals surface area contributed by atoms with Crippen LogP contribution in [0, 0.1) is 0 Å². The molecule has 0 amide bonds. The molecule has 3 heterocycles. The summed E-state index contributed by atoms with van der Waals surface area (Å²) < 4.78 is 2.42. The van der Waals surface area contributed by atoms with Crippen LogP contribution in [-0.4, -0.2) is 9.55 Å². The molecular formula is C50H37N3. The van der Waals surface area contributed by atoms with Crippen molar-refractivity contribution in [3.05, 3.63) is 199 Å². The van der Waals surface area contributed by atoms with Gasteiger partial charge >= 0.3 is 0 Å². The Morgan fingerprint density at radius 1 is 0.453 bits per heavy atom. The van der Waals surface area contributed by atoms with Gasteiger partial charge in [-0.15, -0.1) is 0 Å². The highest BCUT2D eigenvalue weighted by Crippen LogP contribution is 2.49. The Labute approximate surface area is 310 Å². The summed E-state index contributed by atoms with van der Waals surface area (Å²) in [4.78, 5) is 7.28. The zero-order valence-corrected chi connectivity index (χ0v) is 29.7. The predicted octanol–water partition coefficient (Wildman–Crippen LogP) is 13.3. The monoisotopic (exact) mass is 679 g/mol. The normalized spacial score (nSPS) is 12.9. The van der Waals surface area contributed by atoms with Gasteiger partial charge in [0.25, 0.3) is 0 Å². The minimum Gasteiger partial charge on any atom is -0.311 e. The molecule has 10 rings (SSSR count). The lowest BCUT2D eigenvalue weighted by atomic mass is 9.74. The summed E-state index contributed by atoms with van der Waals surface area (Å²) in [6.45, 7) is 4.71. The van der Waals surface area contributed by atoms with Gasteiger partial charge in [-0.3, -0.25) is 4.98 Å². The number of pyridine rings is 1. The minimum absolute atomic E-state index is 0.177. The Bertz CT molecular complexity index is 2680. The first-order valence-electron chi connectivity index (χ1n) is 18.3. The fraction of sp³-hybridized carbons (Fsp3) is 0.0600. The number of aromatic nitrogens is 2.